The third kappa shape index (κ3) is 8.52. The highest BCUT2D eigenvalue weighted by atomic mass is 17.2. The summed E-state index contributed by atoms with van der Waals surface area (Å²) >= 11 is 0. The van der Waals surface area contributed by atoms with Gasteiger partial charge in [0, 0.05) is 47.2 Å². The number of benzene rings is 4. The van der Waals surface area contributed by atoms with Crippen molar-refractivity contribution in [1.82, 2.24) is 0 Å². The first-order chi connectivity index (χ1) is 26.2. The quantitative estimate of drug-likeness (QED) is 0.0593. The maximum atomic E-state index is 7.79. The second kappa shape index (κ2) is 17.5. The standard InChI is InChI=1S/C25H32NO3.C23H25N2O/c1-8-28-29-14-22-21(7)26(24-17(3)10-9-11-18(24)4)15-27-25(22)23-19(5)12-16(2)13-20(23)6;1-14-11-17(4)20(18(5)12-14)23-21(24-7)19(6)25(13-26-23)22-15(2)9-8-10-16(22)3/h9-13H,8,14-15H2,1-7H3;8-12H,13H2,1-6H3/q2*+1. The van der Waals surface area contributed by atoms with Crippen LogP contribution >= 0.6 is 0 Å². The van der Waals surface area contributed by atoms with Crippen LogP contribution < -0.4 is 0 Å². The predicted molar refractivity (Wildman–Crippen MR) is 224 cm³/mol. The van der Waals surface area contributed by atoms with Crippen molar-refractivity contribution in [3.8, 4) is 0 Å². The third-order valence-corrected chi connectivity index (χ3v) is 10.5. The van der Waals surface area contributed by atoms with E-state index in [-0.39, 0.29) is 0 Å². The molecule has 0 radical (unpaired) electrons. The SMILES string of the molecule is CCOOCC1=C(c2c(C)cc(C)cc2C)OC[N+](c2c(C)cccc2C)=C1C.[C-]#[N+]C1=C(c2c(C)cc(C)cc2C)OC[N+](c2c(C)cccc2C)=C1C. The van der Waals surface area contributed by atoms with Crippen LogP contribution in [0.25, 0.3) is 16.4 Å². The second-order valence-electron chi connectivity index (χ2n) is 14.9. The summed E-state index contributed by atoms with van der Waals surface area (Å²) in [5.74, 6) is 1.59. The Bertz CT molecular complexity index is 2230. The zero-order chi connectivity index (χ0) is 40.1. The Morgan fingerprint density at radius 1 is 0.564 bits per heavy atom. The van der Waals surface area contributed by atoms with Crippen LogP contribution in [0, 0.1) is 75.8 Å². The minimum absolute atomic E-state index is 0.336. The number of hydrogen-bond acceptors (Lipinski definition) is 4. The van der Waals surface area contributed by atoms with Crippen molar-refractivity contribution in [3.63, 3.8) is 0 Å². The summed E-state index contributed by atoms with van der Waals surface area (Å²) in [6.07, 6.45) is 0. The molecule has 0 N–H and O–H groups in total. The fourth-order valence-corrected chi connectivity index (χ4v) is 8.13. The van der Waals surface area contributed by atoms with E-state index in [0.29, 0.717) is 38.1 Å². The highest BCUT2D eigenvalue weighted by Crippen LogP contribution is 2.36. The van der Waals surface area contributed by atoms with Crippen LogP contribution in [0.5, 0.6) is 0 Å². The zero-order valence-corrected chi connectivity index (χ0v) is 35.1. The number of ether oxygens (including phenoxy) is 2. The van der Waals surface area contributed by atoms with E-state index in [1.165, 1.54) is 50.2 Å². The van der Waals surface area contributed by atoms with Crippen LogP contribution in [0.2, 0.25) is 0 Å². The first-order valence-electron chi connectivity index (χ1n) is 19.1. The van der Waals surface area contributed by atoms with E-state index in [1.54, 1.807) is 0 Å². The molecule has 0 spiro atoms. The van der Waals surface area contributed by atoms with Crippen LogP contribution in [0.1, 0.15) is 87.5 Å². The number of aryl methyl sites for hydroxylation is 10. The smallest absolute Gasteiger partial charge is 0.293 e. The van der Waals surface area contributed by atoms with Gasteiger partial charge in [0.1, 0.15) is 18.1 Å². The molecule has 0 bridgehead atoms. The van der Waals surface area contributed by atoms with E-state index in [1.807, 2.05) is 13.8 Å². The molecule has 0 saturated heterocycles. The molecule has 2 aliphatic rings. The molecular weight excluding hydrogens is 683 g/mol. The van der Waals surface area contributed by atoms with Crippen molar-refractivity contribution in [2.75, 3.05) is 26.7 Å². The van der Waals surface area contributed by atoms with Gasteiger partial charge >= 0.3 is 0 Å². The Kier molecular flexibility index (Phi) is 13.0. The molecule has 2 aliphatic heterocycles. The minimum atomic E-state index is 0.336. The fraction of sp³-hybridized carbons (Fsp3) is 0.354. The lowest BCUT2D eigenvalue weighted by Crippen LogP contribution is -2.29. The van der Waals surface area contributed by atoms with Gasteiger partial charge in [0.15, 0.2) is 11.4 Å². The molecule has 4 aromatic rings. The van der Waals surface area contributed by atoms with Crippen molar-refractivity contribution in [2.45, 2.75) is 90.0 Å². The minimum Gasteiger partial charge on any atom is -0.446 e. The lowest BCUT2D eigenvalue weighted by molar-refractivity contribution is -0.486. The molecule has 7 nitrogen and oxygen atoms in total. The van der Waals surface area contributed by atoms with Crippen LogP contribution in [-0.2, 0) is 19.2 Å². The van der Waals surface area contributed by atoms with Gasteiger partial charge in [-0.1, -0.05) is 71.8 Å². The molecule has 0 fully saturated rings. The summed E-state index contributed by atoms with van der Waals surface area (Å²) in [5, 5.41) is 0. The van der Waals surface area contributed by atoms with E-state index in [2.05, 4.69) is 151 Å². The summed E-state index contributed by atoms with van der Waals surface area (Å²) in [6.45, 7) is 36.7. The zero-order valence-electron chi connectivity index (χ0n) is 35.1. The maximum absolute atomic E-state index is 7.79. The summed E-state index contributed by atoms with van der Waals surface area (Å²) < 4.78 is 16.9. The van der Waals surface area contributed by atoms with Gasteiger partial charge in [-0.15, -0.1) is 0 Å². The monoisotopic (exact) mass is 739 g/mol. The molecule has 7 heteroatoms. The molecule has 55 heavy (non-hydrogen) atoms. The van der Waals surface area contributed by atoms with Crippen molar-refractivity contribution in [3.05, 3.63) is 150 Å². The average molecular weight is 740 g/mol. The van der Waals surface area contributed by atoms with Gasteiger partial charge < -0.3 is 9.47 Å². The highest BCUT2D eigenvalue weighted by molar-refractivity contribution is 6.04. The van der Waals surface area contributed by atoms with Gasteiger partial charge in [0.2, 0.25) is 11.4 Å². The summed E-state index contributed by atoms with van der Waals surface area (Å²) in [7, 11) is 0. The number of rotatable bonds is 8. The lowest BCUT2D eigenvalue weighted by atomic mass is 9.94. The number of hydrogen-bond donors (Lipinski definition) is 0. The molecule has 6 rings (SSSR count). The summed E-state index contributed by atoms with van der Waals surface area (Å²) in [6, 6.07) is 21.3. The summed E-state index contributed by atoms with van der Waals surface area (Å²) in [4.78, 5) is 14.6. The number of allylic oxidation sites excluding steroid dienone is 1. The first-order valence-corrected chi connectivity index (χ1v) is 19.1. The Labute approximate surface area is 328 Å². The maximum Gasteiger partial charge on any atom is 0.293 e. The molecule has 4 aromatic carbocycles. The van der Waals surface area contributed by atoms with Crippen LogP contribution in [0.15, 0.2) is 71.9 Å². The van der Waals surface area contributed by atoms with E-state index in [0.717, 1.165) is 50.7 Å². The highest BCUT2D eigenvalue weighted by Gasteiger charge is 2.33. The van der Waals surface area contributed by atoms with E-state index in [9.17, 15) is 0 Å². The molecule has 2 heterocycles. The molecule has 0 saturated carbocycles. The molecule has 0 aliphatic carbocycles. The van der Waals surface area contributed by atoms with Crippen molar-refractivity contribution in [1.29, 1.82) is 0 Å². The predicted octanol–water partition coefficient (Wildman–Crippen LogP) is 11.3. The van der Waals surface area contributed by atoms with Crippen LogP contribution in [0.3, 0.4) is 0 Å². The van der Waals surface area contributed by atoms with Crippen molar-refractivity contribution < 1.29 is 28.4 Å². The normalized spacial score (nSPS) is 14.4. The van der Waals surface area contributed by atoms with Crippen molar-refractivity contribution in [2.24, 2.45) is 0 Å². The molecule has 0 aromatic heterocycles. The van der Waals surface area contributed by atoms with Gasteiger partial charge in [-0.2, -0.15) is 9.15 Å². The topological polar surface area (TPSA) is 47.3 Å². The molecule has 0 amide bonds. The van der Waals surface area contributed by atoms with Gasteiger partial charge in [-0.3, -0.25) is 0 Å². The Morgan fingerprint density at radius 2 is 0.964 bits per heavy atom. The molecule has 0 unspecified atom stereocenters. The average Bonchev–Trinajstić information content (AvgIpc) is 3.10. The Balaban J connectivity index is 0.000000212. The Hall–Kier alpha value is -5.29. The molecule has 0 atom stereocenters. The summed E-state index contributed by atoms with van der Waals surface area (Å²) in [5.41, 5.74) is 20.2. The third-order valence-electron chi connectivity index (χ3n) is 10.5. The van der Waals surface area contributed by atoms with Gasteiger partial charge in [-0.05, 0) is 98.4 Å². The van der Waals surface area contributed by atoms with Gasteiger partial charge in [-0.25, -0.2) is 14.6 Å². The second-order valence-corrected chi connectivity index (χ2v) is 14.9. The molecule has 286 valence electrons. The van der Waals surface area contributed by atoms with Gasteiger partial charge in [0.05, 0.1) is 18.8 Å². The lowest BCUT2D eigenvalue weighted by Gasteiger charge is -2.24. The number of nitrogens with zero attached hydrogens (tertiary/aromatic N) is 3. The van der Waals surface area contributed by atoms with E-state index in [4.69, 9.17) is 25.8 Å². The first kappa shape index (κ1) is 40.9. The van der Waals surface area contributed by atoms with Crippen LogP contribution in [-0.4, -0.2) is 47.2 Å². The fourth-order valence-electron chi connectivity index (χ4n) is 8.13. The molecular formula is C48H57N3O4+2. The van der Waals surface area contributed by atoms with E-state index < -0.39 is 0 Å². The van der Waals surface area contributed by atoms with E-state index >= 15 is 0 Å². The largest absolute Gasteiger partial charge is 0.446 e. The van der Waals surface area contributed by atoms with Gasteiger partial charge in [0.25, 0.3) is 19.2 Å². The number of para-hydroxylation sites is 2. The Morgan fingerprint density at radius 3 is 1.38 bits per heavy atom. The van der Waals surface area contributed by atoms with Crippen LogP contribution in [0.4, 0.5) is 11.4 Å². The van der Waals surface area contributed by atoms with Crippen molar-refractivity contribution >= 4 is 34.3 Å².